The molecule has 3 aliphatic heterocycles. The Hall–Kier alpha value is -4.00. The van der Waals surface area contributed by atoms with E-state index in [0.717, 1.165) is 19.3 Å². The van der Waals surface area contributed by atoms with Gasteiger partial charge < -0.3 is 24.0 Å². The summed E-state index contributed by atoms with van der Waals surface area (Å²) < 4.78 is 19.0. The molecule has 0 spiro atoms. The molecule has 0 bridgehead atoms. The number of nitro groups is 1. The van der Waals surface area contributed by atoms with Crippen molar-refractivity contribution in [2.24, 2.45) is 11.8 Å². The highest BCUT2D eigenvalue weighted by atomic mass is 16.6. The van der Waals surface area contributed by atoms with E-state index in [-0.39, 0.29) is 35.6 Å². The standard InChI is InChI=1S/C29H37N7O6/c1-17-10-18(11-21(36(38)39)25(17)40-5)23-24-26(35(16-30-24)22-8-6-7-9-41-22)32-27(31-23)33-12-19-14-34(15-20(19)13-33)28(37)42-29(2,3)4/h10-11,16,19-20,22H,6-9,12-15H2,1-5H3. The topological polar surface area (TPSA) is 138 Å². The van der Waals surface area contributed by atoms with Crippen molar-refractivity contribution in [3.63, 3.8) is 0 Å². The van der Waals surface area contributed by atoms with Crippen LogP contribution in [0.15, 0.2) is 18.5 Å². The highest BCUT2D eigenvalue weighted by Gasteiger charge is 2.43. The van der Waals surface area contributed by atoms with E-state index in [0.29, 0.717) is 66.7 Å². The monoisotopic (exact) mass is 579 g/mol. The highest BCUT2D eigenvalue weighted by molar-refractivity contribution is 5.89. The number of methoxy groups -OCH3 is 1. The number of nitrogens with zero attached hydrogens (tertiary/aromatic N) is 7. The summed E-state index contributed by atoms with van der Waals surface area (Å²) in [6.45, 7) is 10.7. The minimum Gasteiger partial charge on any atom is -0.490 e. The van der Waals surface area contributed by atoms with Gasteiger partial charge in [0.2, 0.25) is 5.95 Å². The second-order valence-electron chi connectivity index (χ2n) is 12.4. The van der Waals surface area contributed by atoms with Gasteiger partial charge in [0.25, 0.3) is 0 Å². The van der Waals surface area contributed by atoms with Gasteiger partial charge in [-0.1, -0.05) is 0 Å². The SMILES string of the molecule is COc1c(C)cc(-c2nc(N3CC4CN(C(=O)OC(C)(C)C)CC4C3)nc3c2ncn3C2CCCCO2)cc1[N+](=O)[O-]. The molecule has 1 amide bonds. The predicted octanol–water partition coefficient (Wildman–Crippen LogP) is 4.72. The molecule has 224 valence electrons. The molecule has 3 saturated heterocycles. The zero-order chi connectivity index (χ0) is 29.8. The molecule has 0 N–H and O–H groups in total. The second kappa shape index (κ2) is 10.7. The fraction of sp³-hybridized carbons (Fsp3) is 0.586. The van der Waals surface area contributed by atoms with Crippen LogP contribution in [0.25, 0.3) is 22.4 Å². The molecule has 3 atom stereocenters. The van der Waals surface area contributed by atoms with Crippen LogP contribution < -0.4 is 9.64 Å². The van der Waals surface area contributed by atoms with Crippen LogP contribution in [0, 0.1) is 28.9 Å². The van der Waals surface area contributed by atoms with Crippen LogP contribution in [-0.4, -0.2) is 80.9 Å². The first kappa shape index (κ1) is 28.1. The van der Waals surface area contributed by atoms with E-state index < -0.39 is 10.5 Å². The van der Waals surface area contributed by atoms with Crippen LogP contribution in [-0.2, 0) is 9.47 Å². The third-order valence-corrected chi connectivity index (χ3v) is 8.23. The molecule has 42 heavy (non-hydrogen) atoms. The minimum absolute atomic E-state index is 0.131. The van der Waals surface area contributed by atoms with Crippen molar-refractivity contribution in [3.8, 4) is 17.0 Å². The van der Waals surface area contributed by atoms with Crippen LogP contribution in [0.3, 0.4) is 0 Å². The van der Waals surface area contributed by atoms with E-state index in [1.165, 1.54) is 13.2 Å². The van der Waals surface area contributed by atoms with E-state index in [1.54, 1.807) is 18.2 Å². The van der Waals surface area contributed by atoms with Crippen LogP contribution >= 0.6 is 0 Å². The Balaban J connectivity index is 1.37. The van der Waals surface area contributed by atoms with Gasteiger partial charge in [0.1, 0.15) is 23.0 Å². The minimum atomic E-state index is -0.541. The molecule has 0 aliphatic carbocycles. The zero-order valence-corrected chi connectivity index (χ0v) is 24.7. The van der Waals surface area contributed by atoms with E-state index in [4.69, 9.17) is 24.2 Å². The molecule has 5 heterocycles. The molecule has 3 aliphatic rings. The molecule has 0 radical (unpaired) electrons. The number of rotatable bonds is 5. The molecular weight excluding hydrogens is 542 g/mol. The van der Waals surface area contributed by atoms with Crippen molar-refractivity contribution >= 4 is 28.9 Å². The third kappa shape index (κ3) is 5.21. The molecule has 3 unspecified atom stereocenters. The average Bonchev–Trinajstić information content (AvgIpc) is 3.65. The summed E-state index contributed by atoms with van der Waals surface area (Å²) in [7, 11) is 1.43. The summed E-state index contributed by atoms with van der Waals surface area (Å²) >= 11 is 0. The number of aromatic nitrogens is 4. The molecule has 3 aromatic rings. The maximum Gasteiger partial charge on any atom is 0.410 e. The lowest BCUT2D eigenvalue weighted by atomic mass is 10.0. The summed E-state index contributed by atoms with van der Waals surface area (Å²) in [4.78, 5) is 42.8. The first-order chi connectivity index (χ1) is 20.0. The van der Waals surface area contributed by atoms with Gasteiger partial charge in [-0.15, -0.1) is 0 Å². The number of benzene rings is 1. The van der Waals surface area contributed by atoms with E-state index in [2.05, 4.69) is 9.88 Å². The Bertz CT molecular complexity index is 1510. The molecule has 0 saturated carbocycles. The number of carbonyl (C=O) groups is 1. The Labute approximate surface area is 243 Å². The summed E-state index contributed by atoms with van der Waals surface area (Å²) in [6.07, 6.45) is 4.16. The third-order valence-electron chi connectivity index (χ3n) is 8.23. The van der Waals surface area contributed by atoms with Gasteiger partial charge in [-0.05, 0) is 58.6 Å². The Kier molecular flexibility index (Phi) is 7.16. The van der Waals surface area contributed by atoms with Gasteiger partial charge in [-0.3, -0.25) is 14.7 Å². The number of amides is 1. The van der Waals surface area contributed by atoms with Gasteiger partial charge >= 0.3 is 11.8 Å². The number of ether oxygens (including phenoxy) is 3. The lowest BCUT2D eigenvalue weighted by Crippen LogP contribution is -2.37. The fourth-order valence-electron chi connectivity index (χ4n) is 6.33. The van der Waals surface area contributed by atoms with Crippen LogP contribution in [0.5, 0.6) is 5.75 Å². The molecule has 2 aromatic heterocycles. The number of nitro benzene ring substituents is 1. The second-order valence-corrected chi connectivity index (χ2v) is 12.4. The normalized spacial score (nSPS) is 22.5. The Morgan fingerprint density at radius 3 is 2.48 bits per heavy atom. The molecule has 13 heteroatoms. The van der Waals surface area contributed by atoms with Crippen molar-refractivity contribution in [1.82, 2.24) is 24.4 Å². The van der Waals surface area contributed by atoms with Crippen LogP contribution in [0.4, 0.5) is 16.4 Å². The lowest BCUT2D eigenvalue weighted by Gasteiger charge is -2.26. The number of hydrogen-bond donors (Lipinski definition) is 0. The number of imidazole rings is 1. The fourth-order valence-corrected chi connectivity index (χ4v) is 6.33. The van der Waals surface area contributed by atoms with Gasteiger partial charge in [-0.2, -0.15) is 4.98 Å². The van der Waals surface area contributed by atoms with Crippen molar-refractivity contribution in [2.45, 2.75) is 58.8 Å². The first-order valence-electron chi connectivity index (χ1n) is 14.4. The number of aryl methyl sites for hydroxylation is 1. The molecule has 3 fully saturated rings. The maximum atomic E-state index is 12.7. The van der Waals surface area contributed by atoms with E-state index in [1.807, 2.05) is 31.4 Å². The van der Waals surface area contributed by atoms with Crippen molar-refractivity contribution in [3.05, 3.63) is 34.1 Å². The predicted molar refractivity (Wildman–Crippen MR) is 155 cm³/mol. The maximum absolute atomic E-state index is 12.7. The zero-order valence-electron chi connectivity index (χ0n) is 24.7. The highest BCUT2D eigenvalue weighted by Crippen LogP contribution is 2.40. The number of carbonyl (C=O) groups excluding carboxylic acids is 1. The van der Waals surface area contributed by atoms with Crippen molar-refractivity contribution < 1.29 is 23.9 Å². The van der Waals surface area contributed by atoms with Crippen molar-refractivity contribution in [2.75, 3.05) is 44.8 Å². The van der Waals surface area contributed by atoms with Crippen LogP contribution in [0.1, 0.15) is 51.8 Å². The quantitative estimate of drug-likeness (QED) is 0.308. The lowest BCUT2D eigenvalue weighted by molar-refractivity contribution is -0.385. The Morgan fingerprint density at radius 1 is 1.12 bits per heavy atom. The van der Waals surface area contributed by atoms with Gasteiger partial charge in [0, 0.05) is 56.3 Å². The first-order valence-corrected chi connectivity index (χ1v) is 14.4. The van der Waals surface area contributed by atoms with Gasteiger partial charge in [0.15, 0.2) is 11.4 Å². The molecule has 6 rings (SSSR count). The van der Waals surface area contributed by atoms with E-state index in [9.17, 15) is 14.9 Å². The van der Waals surface area contributed by atoms with Crippen LogP contribution in [0.2, 0.25) is 0 Å². The van der Waals surface area contributed by atoms with Crippen molar-refractivity contribution in [1.29, 1.82) is 0 Å². The number of hydrogen-bond acceptors (Lipinski definition) is 10. The molecule has 13 nitrogen and oxygen atoms in total. The summed E-state index contributed by atoms with van der Waals surface area (Å²) in [5, 5.41) is 11.9. The smallest absolute Gasteiger partial charge is 0.410 e. The summed E-state index contributed by atoms with van der Waals surface area (Å²) in [5.74, 6) is 1.27. The molecular formula is C29H37N7O6. The molecule has 1 aromatic carbocycles. The van der Waals surface area contributed by atoms with Gasteiger partial charge in [0.05, 0.1) is 18.4 Å². The number of fused-ring (bicyclic) bond motifs is 2. The summed E-state index contributed by atoms with van der Waals surface area (Å²) in [6, 6.07) is 3.33. The number of likely N-dealkylation sites (tertiary alicyclic amines) is 1. The van der Waals surface area contributed by atoms with E-state index >= 15 is 0 Å². The Morgan fingerprint density at radius 2 is 1.86 bits per heavy atom. The summed E-state index contributed by atoms with van der Waals surface area (Å²) in [5.41, 5.74) is 2.23. The van der Waals surface area contributed by atoms with Gasteiger partial charge in [-0.25, -0.2) is 14.8 Å². The number of anilines is 1. The average molecular weight is 580 g/mol. The largest absolute Gasteiger partial charge is 0.490 e.